The van der Waals surface area contributed by atoms with Gasteiger partial charge >= 0.3 is 0 Å². The number of pyridine rings is 1. The number of hydrogen-bond acceptors (Lipinski definition) is 0. The van der Waals surface area contributed by atoms with Gasteiger partial charge in [-0.3, -0.25) is 0 Å². The van der Waals surface area contributed by atoms with Gasteiger partial charge in [-0.2, -0.15) is 4.57 Å². The normalized spacial score (nSPS) is 8.00. The summed E-state index contributed by atoms with van der Waals surface area (Å²) in [6.07, 6.45) is 5.59. The molecule has 2 heteroatoms. The lowest BCUT2D eigenvalue weighted by atomic mass is 10.4. The van der Waals surface area contributed by atoms with E-state index in [1.165, 1.54) is 0 Å². The fourth-order valence-electron chi connectivity index (χ4n) is 0.696. The fourth-order valence-corrected chi connectivity index (χ4v) is 0.696. The van der Waals surface area contributed by atoms with Gasteiger partial charge in [0.15, 0.2) is 12.4 Å². The Balaban J connectivity index is 0.000001000. The molecule has 0 spiro atoms. The minimum atomic E-state index is 0. The summed E-state index contributed by atoms with van der Waals surface area (Å²) in [4.78, 5) is 0. The Morgan fingerprint density at radius 1 is 1.18 bits per heavy atom. The molecule has 0 aliphatic heterocycles. The van der Waals surface area contributed by atoms with Crippen LogP contribution in [0.2, 0.25) is 0 Å². The average Bonchev–Trinajstić information content (AvgIpc) is 2.05. The van der Waals surface area contributed by atoms with Gasteiger partial charge in [0.05, 0.1) is 0 Å². The highest BCUT2D eigenvalue weighted by atomic mass is 79.9. The van der Waals surface area contributed by atoms with E-state index in [2.05, 4.69) is 13.2 Å². The second kappa shape index (κ2) is 4.85. The van der Waals surface area contributed by atoms with E-state index in [-0.39, 0.29) is 17.0 Å². The van der Waals surface area contributed by atoms with Gasteiger partial charge in [0, 0.05) is 18.2 Å². The molecule has 1 nitrogen and oxygen atoms in total. The third-order valence-corrected chi connectivity index (χ3v) is 1.28. The Bertz CT molecular complexity index is 241. The van der Waals surface area contributed by atoms with Crippen LogP contribution in [-0.4, -0.2) is 0 Å². The van der Waals surface area contributed by atoms with Crippen molar-refractivity contribution >= 4 is 5.70 Å². The van der Waals surface area contributed by atoms with E-state index >= 15 is 0 Å². The predicted octanol–water partition coefficient (Wildman–Crippen LogP) is -1.37. The summed E-state index contributed by atoms with van der Waals surface area (Å²) in [5.74, 6) is 0. The number of nitrogens with zero attached hydrogens (tertiary/aromatic N) is 1. The van der Waals surface area contributed by atoms with E-state index in [0.717, 1.165) is 5.70 Å². The van der Waals surface area contributed by atoms with Crippen LogP contribution < -0.4 is 21.5 Å². The van der Waals surface area contributed by atoms with Gasteiger partial charge in [-0.05, 0) is 6.58 Å². The van der Waals surface area contributed by atoms with Crippen molar-refractivity contribution in [2.45, 2.75) is 0 Å². The summed E-state index contributed by atoms with van der Waals surface area (Å²) in [6.45, 7) is 7.40. The zero-order chi connectivity index (χ0) is 7.40. The molecule has 0 saturated carbocycles. The van der Waals surface area contributed by atoms with Gasteiger partial charge in [-0.1, -0.05) is 12.6 Å². The predicted molar refractivity (Wildman–Crippen MR) is 42.2 cm³/mol. The molecule has 0 radical (unpaired) electrons. The van der Waals surface area contributed by atoms with Crippen LogP contribution in [0.15, 0.2) is 49.8 Å². The maximum absolute atomic E-state index is 3.79. The lowest BCUT2D eigenvalue weighted by Crippen LogP contribution is -3.00. The first-order chi connectivity index (χ1) is 4.84. The highest BCUT2D eigenvalue weighted by Gasteiger charge is 1.97. The molecule has 1 aromatic rings. The second-order valence-corrected chi connectivity index (χ2v) is 1.98. The molecule has 0 unspecified atom stereocenters. The summed E-state index contributed by atoms with van der Waals surface area (Å²) in [5.41, 5.74) is 0.889. The summed E-state index contributed by atoms with van der Waals surface area (Å²) in [6, 6.07) is 5.87. The molecule has 0 fully saturated rings. The Morgan fingerprint density at radius 2 is 1.73 bits per heavy atom. The Hall–Kier alpha value is -0.890. The molecule has 0 aliphatic carbocycles. The molecule has 1 heterocycles. The maximum atomic E-state index is 3.79. The molecular formula is C9H10BrN. The van der Waals surface area contributed by atoms with Crippen molar-refractivity contribution in [2.75, 3.05) is 0 Å². The molecule has 0 atom stereocenters. The molecule has 1 aromatic heterocycles. The van der Waals surface area contributed by atoms with Crippen molar-refractivity contribution in [3.05, 3.63) is 49.8 Å². The van der Waals surface area contributed by atoms with Crippen molar-refractivity contribution in [1.82, 2.24) is 0 Å². The molecule has 0 aromatic carbocycles. The number of rotatable bonds is 2. The van der Waals surface area contributed by atoms with Crippen LogP contribution >= 0.6 is 0 Å². The molecule has 0 N–H and O–H groups in total. The molecule has 0 bridgehead atoms. The number of aromatic nitrogens is 1. The first-order valence-corrected chi connectivity index (χ1v) is 3.12. The highest BCUT2D eigenvalue weighted by molar-refractivity contribution is 5.41. The lowest BCUT2D eigenvalue weighted by Gasteiger charge is -1.89. The minimum absolute atomic E-state index is 0. The van der Waals surface area contributed by atoms with E-state index < -0.39 is 0 Å². The average molecular weight is 212 g/mol. The largest absolute Gasteiger partial charge is 1.00 e. The van der Waals surface area contributed by atoms with Crippen LogP contribution in [-0.2, 0) is 0 Å². The lowest BCUT2D eigenvalue weighted by molar-refractivity contribution is -0.578. The van der Waals surface area contributed by atoms with Gasteiger partial charge in [0.1, 0.15) is 0 Å². The molecule has 1 rings (SSSR count). The second-order valence-electron chi connectivity index (χ2n) is 1.98. The van der Waals surface area contributed by atoms with Crippen LogP contribution in [0.5, 0.6) is 0 Å². The zero-order valence-electron chi connectivity index (χ0n) is 6.20. The van der Waals surface area contributed by atoms with Crippen molar-refractivity contribution in [2.24, 2.45) is 0 Å². The van der Waals surface area contributed by atoms with E-state index in [9.17, 15) is 0 Å². The molecule has 0 aliphatic rings. The third kappa shape index (κ3) is 2.68. The molecule has 11 heavy (non-hydrogen) atoms. The van der Waals surface area contributed by atoms with Crippen LogP contribution in [0.1, 0.15) is 0 Å². The van der Waals surface area contributed by atoms with Gasteiger partial charge in [-0.15, -0.1) is 0 Å². The number of halogens is 1. The van der Waals surface area contributed by atoms with Crippen molar-refractivity contribution < 1.29 is 21.5 Å². The van der Waals surface area contributed by atoms with E-state index in [4.69, 9.17) is 0 Å². The molecule has 0 amide bonds. The zero-order valence-corrected chi connectivity index (χ0v) is 7.79. The quantitative estimate of drug-likeness (QED) is 0.421. The smallest absolute Gasteiger partial charge is 0.202 e. The Kier molecular flexibility index (Phi) is 4.46. The monoisotopic (exact) mass is 211 g/mol. The van der Waals surface area contributed by atoms with Gasteiger partial charge in [-0.25, -0.2) is 0 Å². The number of allylic oxidation sites excluding steroid dienone is 2. The molecule has 58 valence electrons. The van der Waals surface area contributed by atoms with Crippen molar-refractivity contribution in [1.29, 1.82) is 0 Å². The fraction of sp³-hybridized carbons (Fsp3) is 0. The summed E-state index contributed by atoms with van der Waals surface area (Å²) in [5, 5.41) is 0. The molecular weight excluding hydrogens is 202 g/mol. The SMILES string of the molecule is C=CC(=C)[n+]1ccccc1.[Br-]. The van der Waals surface area contributed by atoms with Gasteiger partial charge in [0.25, 0.3) is 0 Å². The first kappa shape index (κ1) is 10.1. The van der Waals surface area contributed by atoms with Crippen LogP contribution in [0.4, 0.5) is 0 Å². The summed E-state index contributed by atoms with van der Waals surface area (Å²) in [7, 11) is 0. The van der Waals surface area contributed by atoms with Gasteiger partial charge < -0.3 is 17.0 Å². The minimum Gasteiger partial charge on any atom is -1.00 e. The van der Waals surface area contributed by atoms with E-state index in [0.29, 0.717) is 0 Å². The maximum Gasteiger partial charge on any atom is 0.202 e. The standard InChI is InChI=1S/C9H10N.BrH/c1-3-9(2)10-7-5-4-6-8-10;/h3-8H,1-2H2;1H/q+1;/p-1. The summed E-state index contributed by atoms with van der Waals surface area (Å²) < 4.78 is 1.91. The topological polar surface area (TPSA) is 3.88 Å². The molecule has 0 saturated heterocycles. The van der Waals surface area contributed by atoms with Crippen molar-refractivity contribution in [3.8, 4) is 0 Å². The van der Waals surface area contributed by atoms with Crippen LogP contribution in [0.25, 0.3) is 5.70 Å². The first-order valence-electron chi connectivity index (χ1n) is 3.12. The highest BCUT2D eigenvalue weighted by Crippen LogP contribution is 1.87. The van der Waals surface area contributed by atoms with E-state index in [1.807, 2.05) is 35.2 Å². The van der Waals surface area contributed by atoms with Gasteiger partial charge in [0.2, 0.25) is 5.70 Å². The van der Waals surface area contributed by atoms with Crippen molar-refractivity contribution in [3.63, 3.8) is 0 Å². The summed E-state index contributed by atoms with van der Waals surface area (Å²) >= 11 is 0. The number of hydrogen-bond donors (Lipinski definition) is 0. The van der Waals surface area contributed by atoms with Crippen LogP contribution in [0, 0.1) is 0 Å². The Morgan fingerprint density at radius 3 is 2.18 bits per heavy atom. The van der Waals surface area contributed by atoms with Crippen LogP contribution in [0.3, 0.4) is 0 Å². The third-order valence-electron chi connectivity index (χ3n) is 1.28. The van der Waals surface area contributed by atoms with E-state index in [1.54, 1.807) is 6.08 Å². The Labute approximate surface area is 77.5 Å².